The topological polar surface area (TPSA) is 117 Å². The lowest BCUT2D eigenvalue weighted by Crippen LogP contribution is -2.52. The van der Waals surface area contributed by atoms with Crippen LogP contribution in [0.1, 0.15) is 45.7 Å². The number of aliphatic hydroxyl groups is 1. The molecule has 0 aliphatic heterocycles. The molecule has 1 atom stereocenters. The Morgan fingerprint density at radius 1 is 1.13 bits per heavy atom. The van der Waals surface area contributed by atoms with Gasteiger partial charge in [-0.1, -0.05) is 19.9 Å². The first-order valence-corrected chi connectivity index (χ1v) is 9.52. The molecule has 0 saturated heterocycles. The zero-order chi connectivity index (χ0) is 24.0. The minimum absolute atomic E-state index is 0.0339. The lowest BCUT2D eigenvalue weighted by molar-refractivity contribution is -0.137. The maximum Gasteiger partial charge on any atom is 0.418 e. The number of amides is 3. The first-order chi connectivity index (χ1) is 14.1. The van der Waals surface area contributed by atoms with E-state index in [1.807, 2.05) is 0 Å². The van der Waals surface area contributed by atoms with Crippen LogP contribution in [0.3, 0.4) is 0 Å². The van der Waals surface area contributed by atoms with Gasteiger partial charge in [0.15, 0.2) is 0 Å². The summed E-state index contributed by atoms with van der Waals surface area (Å²) in [6, 6.07) is 1.98. The highest BCUT2D eigenvalue weighted by molar-refractivity contribution is 5.96. The van der Waals surface area contributed by atoms with E-state index >= 15 is 0 Å². The molecule has 0 aliphatic rings. The third kappa shape index (κ3) is 8.83. The monoisotopic (exact) mass is 447 g/mol. The molecule has 8 nitrogen and oxygen atoms in total. The second kappa shape index (κ2) is 10.5. The second-order valence-corrected chi connectivity index (χ2v) is 8.17. The molecule has 0 aromatic heterocycles. The van der Waals surface area contributed by atoms with E-state index in [9.17, 15) is 27.6 Å². The summed E-state index contributed by atoms with van der Waals surface area (Å²) < 4.78 is 44.7. The second-order valence-electron chi connectivity index (χ2n) is 8.17. The van der Waals surface area contributed by atoms with Crippen LogP contribution < -0.4 is 16.0 Å². The number of aliphatic hydroxyl groups excluding tert-OH is 1. The molecule has 0 heterocycles. The third-order valence-corrected chi connectivity index (χ3v) is 3.89. The van der Waals surface area contributed by atoms with Crippen LogP contribution in [0.4, 0.5) is 23.7 Å². The summed E-state index contributed by atoms with van der Waals surface area (Å²) in [4.78, 5) is 36.4. The number of carbonyl (C=O) groups excluding carboxylic acids is 3. The first kappa shape index (κ1) is 26.2. The molecule has 0 spiro atoms. The number of hydrogen-bond acceptors (Lipinski definition) is 5. The Morgan fingerprint density at radius 3 is 2.23 bits per heavy atom. The van der Waals surface area contributed by atoms with Gasteiger partial charge in [0.25, 0.3) is 0 Å². The maximum atomic E-state index is 13.2. The summed E-state index contributed by atoms with van der Waals surface area (Å²) in [7, 11) is 0. The van der Waals surface area contributed by atoms with Gasteiger partial charge in [0, 0.05) is 0 Å². The number of carbonyl (C=O) groups is 3. The van der Waals surface area contributed by atoms with Crippen LogP contribution in [0.25, 0.3) is 0 Å². The lowest BCUT2D eigenvalue weighted by atomic mass is 10.0. The number of benzene rings is 1. The van der Waals surface area contributed by atoms with Crippen molar-refractivity contribution < 1.29 is 37.4 Å². The molecule has 0 bridgehead atoms. The van der Waals surface area contributed by atoms with E-state index in [4.69, 9.17) is 9.84 Å². The molecule has 1 rings (SSSR count). The van der Waals surface area contributed by atoms with Gasteiger partial charge in [-0.15, -0.1) is 0 Å². The van der Waals surface area contributed by atoms with E-state index < -0.39 is 60.1 Å². The Kier molecular flexibility index (Phi) is 8.85. The van der Waals surface area contributed by atoms with E-state index in [-0.39, 0.29) is 11.5 Å². The van der Waals surface area contributed by atoms with Crippen molar-refractivity contribution in [3.8, 4) is 0 Å². The van der Waals surface area contributed by atoms with Crippen LogP contribution in [0.5, 0.6) is 0 Å². The highest BCUT2D eigenvalue weighted by Crippen LogP contribution is 2.35. The number of rotatable bonds is 7. The van der Waals surface area contributed by atoms with Gasteiger partial charge in [-0.05, 0) is 44.4 Å². The zero-order valence-electron chi connectivity index (χ0n) is 18.0. The van der Waals surface area contributed by atoms with Gasteiger partial charge in [0.05, 0.1) is 24.4 Å². The van der Waals surface area contributed by atoms with E-state index in [2.05, 4.69) is 16.0 Å². The van der Waals surface area contributed by atoms with Gasteiger partial charge >= 0.3 is 12.3 Å². The van der Waals surface area contributed by atoms with Crippen LogP contribution in [0.15, 0.2) is 18.2 Å². The predicted octanol–water partition coefficient (Wildman–Crippen LogP) is 2.80. The molecule has 0 fully saturated rings. The molecular weight excluding hydrogens is 419 g/mol. The van der Waals surface area contributed by atoms with E-state index in [0.29, 0.717) is 0 Å². The van der Waals surface area contributed by atoms with Crippen LogP contribution in [0, 0.1) is 5.92 Å². The molecule has 0 saturated carbocycles. The molecule has 0 aliphatic carbocycles. The molecule has 31 heavy (non-hydrogen) atoms. The molecular formula is C20H28F3N3O5. The number of ether oxygens (including phenoxy) is 1. The summed E-state index contributed by atoms with van der Waals surface area (Å²) >= 11 is 0. The van der Waals surface area contributed by atoms with Crippen molar-refractivity contribution in [2.24, 2.45) is 5.92 Å². The zero-order valence-corrected chi connectivity index (χ0v) is 18.0. The number of hydrogen-bond donors (Lipinski definition) is 4. The van der Waals surface area contributed by atoms with Crippen molar-refractivity contribution >= 4 is 23.6 Å². The highest BCUT2D eigenvalue weighted by Gasteiger charge is 2.34. The molecule has 1 unspecified atom stereocenters. The number of halogens is 3. The number of alkyl carbamates (subject to hydrolysis) is 1. The van der Waals surface area contributed by atoms with Gasteiger partial charge in [-0.25, -0.2) is 4.79 Å². The summed E-state index contributed by atoms with van der Waals surface area (Å²) in [5.41, 5.74) is -2.36. The van der Waals surface area contributed by atoms with Crippen molar-refractivity contribution in [3.63, 3.8) is 0 Å². The van der Waals surface area contributed by atoms with Crippen LogP contribution in [0.2, 0.25) is 0 Å². The summed E-state index contributed by atoms with van der Waals surface area (Å²) in [5.74, 6) is -1.93. The fourth-order valence-electron chi connectivity index (χ4n) is 2.47. The fourth-order valence-corrected chi connectivity index (χ4v) is 2.47. The summed E-state index contributed by atoms with van der Waals surface area (Å²) in [6.07, 6.45) is -5.57. The smallest absolute Gasteiger partial charge is 0.418 e. The van der Waals surface area contributed by atoms with Crippen molar-refractivity contribution in [1.29, 1.82) is 0 Å². The predicted molar refractivity (Wildman–Crippen MR) is 107 cm³/mol. The van der Waals surface area contributed by atoms with Crippen molar-refractivity contribution in [2.75, 3.05) is 11.9 Å². The van der Waals surface area contributed by atoms with Gasteiger partial charge in [0.1, 0.15) is 11.6 Å². The quantitative estimate of drug-likeness (QED) is 0.513. The van der Waals surface area contributed by atoms with Gasteiger partial charge in [-0.3, -0.25) is 9.59 Å². The lowest BCUT2D eigenvalue weighted by Gasteiger charge is -2.25. The molecule has 3 amide bonds. The van der Waals surface area contributed by atoms with E-state index in [1.54, 1.807) is 34.6 Å². The normalized spacial score (nSPS) is 12.8. The van der Waals surface area contributed by atoms with Gasteiger partial charge < -0.3 is 25.8 Å². The standard InChI is InChI=1S/C20H28F3N3O5/c1-11(2)16(26-18(30)31-19(3,4)5)17(29)24-9-15(28)25-14-7-6-12(10-27)8-13(14)20(21,22)23/h6-8,11,16,27H,9-10H2,1-5H3,(H,24,29)(H,25,28)(H,26,30). The van der Waals surface area contributed by atoms with Crippen molar-refractivity contribution in [3.05, 3.63) is 29.3 Å². The Labute approximate surface area is 178 Å². The average Bonchev–Trinajstić information content (AvgIpc) is 2.62. The van der Waals surface area contributed by atoms with Crippen LogP contribution in [-0.4, -0.2) is 41.2 Å². The van der Waals surface area contributed by atoms with E-state index in [0.717, 1.165) is 12.1 Å². The number of anilines is 1. The Bertz CT molecular complexity index is 804. The van der Waals surface area contributed by atoms with E-state index in [1.165, 1.54) is 6.07 Å². The molecule has 1 aromatic rings. The molecule has 174 valence electrons. The Balaban J connectivity index is 2.78. The summed E-state index contributed by atoms with van der Waals surface area (Å²) in [5, 5.41) is 15.8. The SMILES string of the molecule is CC(C)C(NC(=O)OC(C)(C)C)C(=O)NCC(=O)Nc1ccc(CO)cc1C(F)(F)F. The number of nitrogens with one attached hydrogen (secondary N) is 3. The minimum Gasteiger partial charge on any atom is -0.444 e. The van der Waals surface area contributed by atoms with Crippen molar-refractivity contribution in [1.82, 2.24) is 10.6 Å². The minimum atomic E-state index is -4.75. The summed E-state index contributed by atoms with van der Waals surface area (Å²) in [6.45, 7) is 7.10. The first-order valence-electron chi connectivity index (χ1n) is 9.52. The largest absolute Gasteiger partial charge is 0.444 e. The van der Waals surface area contributed by atoms with Crippen molar-refractivity contribution in [2.45, 2.75) is 59.0 Å². The molecule has 4 N–H and O–H groups in total. The Morgan fingerprint density at radius 2 is 1.74 bits per heavy atom. The molecule has 11 heteroatoms. The van der Waals surface area contributed by atoms with Gasteiger partial charge in [0.2, 0.25) is 11.8 Å². The maximum absolute atomic E-state index is 13.2. The number of alkyl halides is 3. The highest BCUT2D eigenvalue weighted by atomic mass is 19.4. The molecule has 0 radical (unpaired) electrons. The molecule has 1 aromatic carbocycles. The van der Waals surface area contributed by atoms with Crippen LogP contribution >= 0.6 is 0 Å². The average molecular weight is 447 g/mol. The Hall–Kier alpha value is -2.82. The fraction of sp³-hybridized carbons (Fsp3) is 0.550. The van der Waals surface area contributed by atoms with Crippen LogP contribution in [-0.2, 0) is 27.1 Å². The third-order valence-electron chi connectivity index (χ3n) is 3.89. The van der Waals surface area contributed by atoms with Gasteiger partial charge in [-0.2, -0.15) is 13.2 Å².